The van der Waals surface area contributed by atoms with Crippen LogP contribution in [0, 0.1) is 6.92 Å². The van der Waals surface area contributed by atoms with Crippen molar-refractivity contribution in [3.63, 3.8) is 0 Å². The number of hydrogen-bond donors (Lipinski definition) is 2. The average Bonchev–Trinajstić information content (AvgIpc) is 3.03. The predicted octanol–water partition coefficient (Wildman–Crippen LogP) is 1.23. The molecule has 0 aliphatic heterocycles. The standard InChI is InChI=1S/C18H22N4O4/c1-12-8-9-20-22(12)16-6-4-15(5-7-16)17(24)21(13(2)18(25)26)11-10-19-14(3)23/h4-9,13H,10-11H2,1-3H3,(H,19,23)(H,25,26). The zero-order valence-electron chi connectivity index (χ0n) is 15.0. The molecule has 1 aromatic heterocycles. The summed E-state index contributed by atoms with van der Waals surface area (Å²) in [6.45, 7) is 5.01. The first kappa shape index (κ1) is 19.2. The Hall–Kier alpha value is -3.16. The van der Waals surface area contributed by atoms with Crippen molar-refractivity contribution in [1.82, 2.24) is 20.0 Å². The van der Waals surface area contributed by atoms with Crippen LogP contribution < -0.4 is 5.32 Å². The van der Waals surface area contributed by atoms with Gasteiger partial charge in [-0.2, -0.15) is 5.10 Å². The van der Waals surface area contributed by atoms with Crippen LogP contribution in [0.2, 0.25) is 0 Å². The highest BCUT2D eigenvalue weighted by Crippen LogP contribution is 2.14. The molecular weight excluding hydrogens is 336 g/mol. The van der Waals surface area contributed by atoms with E-state index in [0.29, 0.717) is 5.56 Å². The van der Waals surface area contributed by atoms with E-state index in [1.807, 2.05) is 13.0 Å². The third-order valence-corrected chi connectivity index (χ3v) is 4.00. The largest absolute Gasteiger partial charge is 0.480 e. The van der Waals surface area contributed by atoms with Crippen molar-refractivity contribution in [3.8, 4) is 5.69 Å². The van der Waals surface area contributed by atoms with Gasteiger partial charge in [0.05, 0.1) is 5.69 Å². The Kier molecular flexibility index (Phi) is 6.11. The van der Waals surface area contributed by atoms with Crippen LogP contribution in [0.15, 0.2) is 36.5 Å². The number of carboxylic acids is 1. The monoisotopic (exact) mass is 358 g/mol. The van der Waals surface area contributed by atoms with Crippen LogP contribution in [0.5, 0.6) is 0 Å². The number of carbonyl (C=O) groups is 3. The molecule has 0 saturated heterocycles. The third-order valence-electron chi connectivity index (χ3n) is 4.00. The van der Waals surface area contributed by atoms with Crippen LogP contribution >= 0.6 is 0 Å². The molecule has 2 amide bonds. The van der Waals surface area contributed by atoms with Gasteiger partial charge in [-0.25, -0.2) is 9.48 Å². The Bertz CT molecular complexity index is 798. The topological polar surface area (TPSA) is 105 Å². The fourth-order valence-electron chi connectivity index (χ4n) is 2.51. The molecule has 0 saturated carbocycles. The Labute approximate surface area is 151 Å². The van der Waals surface area contributed by atoms with Crippen molar-refractivity contribution in [1.29, 1.82) is 0 Å². The molecule has 2 N–H and O–H groups in total. The zero-order chi connectivity index (χ0) is 19.3. The molecule has 0 spiro atoms. The first-order valence-corrected chi connectivity index (χ1v) is 8.20. The van der Waals surface area contributed by atoms with Crippen molar-refractivity contribution < 1.29 is 19.5 Å². The first-order chi connectivity index (χ1) is 12.3. The maximum Gasteiger partial charge on any atom is 0.326 e. The minimum absolute atomic E-state index is 0.103. The average molecular weight is 358 g/mol. The molecule has 26 heavy (non-hydrogen) atoms. The lowest BCUT2D eigenvalue weighted by Crippen LogP contribution is -2.46. The second kappa shape index (κ2) is 8.28. The van der Waals surface area contributed by atoms with E-state index in [2.05, 4.69) is 10.4 Å². The van der Waals surface area contributed by atoms with Crippen molar-refractivity contribution in [3.05, 3.63) is 47.8 Å². The number of rotatable bonds is 7. The van der Waals surface area contributed by atoms with Crippen LogP contribution in [0.25, 0.3) is 5.69 Å². The summed E-state index contributed by atoms with van der Waals surface area (Å²) in [6, 6.07) is 7.65. The van der Waals surface area contributed by atoms with E-state index in [9.17, 15) is 19.5 Å². The number of nitrogens with zero attached hydrogens (tertiary/aromatic N) is 3. The molecule has 1 heterocycles. The molecule has 0 fully saturated rings. The molecule has 1 atom stereocenters. The number of aliphatic carboxylic acids is 1. The molecule has 138 valence electrons. The minimum atomic E-state index is -1.11. The number of aryl methyl sites for hydroxylation is 1. The maximum absolute atomic E-state index is 12.8. The molecule has 0 aliphatic carbocycles. The van der Waals surface area contributed by atoms with Crippen molar-refractivity contribution >= 4 is 17.8 Å². The summed E-state index contributed by atoms with van der Waals surface area (Å²) in [5.41, 5.74) is 2.13. The molecule has 8 nitrogen and oxygen atoms in total. The Morgan fingerprint density at radius 1 is 1.23 bits per heavy atom. The first-order valence-electron chi connectivity index (χ1n) is 8.20. The molecule has 0 radical (unpaired) electrons. The lowest BCUT2D eigenvalue weighted by Gasteiger charge is -2.26. The summed E-state index contributed by atoms with van der Waals surface area (Å²) < 4.78 is 1.74. The van der Waals surface area contributed by atoms with Gasteiger partial charge in [0.25, 0.3) is 5.91 Å². The van der Waals surface area contributed by atoms with Gasteiger partial charge in [0.2, 0.25) is 5.91 Å². The molecule has 1 aromatic carbocycles. The second-order valence-electron chi connectivity index (χ2n) is 5.93. The molecular formula is C18H22N4O4. The third kappa shape index (κ3) is 4.47. The van der Waals surface area contributed by atoms with Gasteiger partial charge >= 0.3 is 5.97 Å². The fourth-order valence-corrected chi connectivity index (χ4v) is 2.51. The molecule has 8 heteroatoms. The summed E-state index contributed by atoms with van der Waals surface area (Å²) >= 11 is 0. The summed E-state index contributed by atoms with van der Waals surface area (Å²) in [5.74, 6) is -1.75. The van der Waals surface area contributed by atoms with Crippen LogP contribution in [-0.2, 0) is 9.59 Å². The van der Waals surface area contributed by atoms with Gasteiger partial charge in [0, 0.05) is 37.5 Å². The van der Waals surface area contributed by atoms with Gasteiger partial charge in [-0.3, -0.25) is 9.59 Å². The lowest BCUT2D eigenvalue weighted by atomic mass is 10.1. The van der Waals surface area contributed by atoms with Crippen LogP contribution in [0.3, 0.4) is 0 Å². The Morgan fingerprint density at radius 3 is 2.38 bits per heavy atom. The van der Waals surface area contributed by atoms with Crippen LogP contribution in [0.4, 0.5) is 0 Å². The van der Waals surface area contributed by atoms with Gasteiger partial charge in [-0.15, -0.1) is 0 Å². The summed E-state index contributed by atoms with van der Waals surface area (Å²) in [4.78, 5) is 36.3. The van der Waals surface area contributed by atoms with Gasteiger partial charge in [0.1, 0.15) is 6.04 Å². The fraction of sp³-hybridized carbons (Fsp3) is 0.333. The van der Waals surface area contributed by atoms with Crippen molar-refractivity contribution in [2.75, 3.05) is 13.1 Å². The normalized spacial score (nSPS) is 11.7. The second-order valence-corrected chi connectivity index (χ2v) is 5.93. The maximum atomic E-state index is 12.8. The molecule has 2 aromatic rings. The SMILES string of the molecule is CC(=O)NCCN(C(=O)c1ccc(-n2nccc2C)cc1)C(C)C(=O)O. The van der Waals surface area contributed by atoms with Gasteiger partial charge in [-0.1, -0.05) is 0 Å². The number of benzene rings is 1. The Balaban J connectivity index is 2.19. The molecule has 0 bridgehead atoms. The number of hydrogen-bond acceptors (Lipinski definition) is 4. The highest BCUT2D eigenvalue weighted by molar-refractivity contribution is 5.96. The van der Waals surface area contributed by atoms with Gasteiger partial charge in [0.15, 0.2) is 0 Å². The lowest BCUT2D eigenvalue weighted by molar-refractivity contribution is -0.141. The van der Waals surface area contributed by atoms with Gasteiger partial charge in [-0.05, 0) is 44.2 Å². The van der Waals surface area contributed by atoms with E-state index in [1.54, 1.807) is 35.1 Å². The number of carbonyl (C=O) groups excluding carboxylic acids is 2. The van der Waals surface area contributed by atoms with E-state index in [-0.39, 0.29) is 19.0 Å². The Morgan fingerprint density at radius 2 is 1.88 bits per heavy atom. The number of carboxylic acid groups (broad SMARTS) is 1. The van der Waals surface area contributed by atoms with E-state index in [0.717, 1.165) is 11.4 Å². The number of nitrogens with one attached hydrogen (secondary N) is 1. The van der Waals surface area contributed by atoms with Gasteiger partial charge < -0.3 is 15.3 Å². The van der Waals surface area contributed by atoms with Crippen molar-refractivity contribution in [2.45, 2.75) is 26.8 Å². The van der Waals surface area contributed by atoms with E-state index in [4.69, 9.17) is 0 Å². The summed E-state index contributed by atoms with van der Waals surface area (Å²) in [6.07, 6.45) is 1.69. The quantitative estimate of drug-likeness (QED) is 0.775. The summed E-state index contributed by atoms with van der Waals surface area (Å²) in [5, 5.41) is 16.0. The van der Waals surface area contributed by atoms with Crippen LogP contribution in [-0.4, -0.2) is 56.7 Å². The van der Waals surface area contributed by atoms with E-state index >= 15 is 0 Å². The molecule has 1 unspecified atom stereocenters. The predicted molar refractivity (Wildman–Crippen MR) is 95.1 cm³/mol. The highest BCUT2D eigenvalue weighted by Gasteiger charge is 2.26. The number of aromatic nitrogens is 2. The van der Waals surface area contributed by atoms with Crippen LogP contribution in [0.1, 0.15) is 29.9 Å². The summed E-state index contributed by atoms with van der Waals surface area (Å²) in [7, 11) is 0. The van der Waals surface area contributed by atoms with E-state index < -0.39 is 17.9 Å². The highest BCUT2D eigenvalue weighted by atomic mass is 16.4. The number of amides is 2. The molecule has 0 aliphatic rings. The minimum Gasteiger partial charge on any atom is -0.480 e. The molecule has 2 rings (SSSR count). The van der Waals surface area contributed by atoms with E-state index in [1.165, 1.54) is 18.7 Å². The van der Waals surface area contributed by atoms with Crippen molar-refractivity contribution in [2.24, 2.45) is 0 Å². The smallest absolute Gasteiger partial charge is 0.326 e. The zero-order valence-corrected chi connectivity index (χ0v) is 15.0.